The number of halogens is 2. The van der Waals surface area contributed by atoms with Crippen molar-refractivity contribution >= 4 is 57.9 Å². The summed E-state index contributed by atoms with van der Waals surface area (Å²) in [6, 6.07) is 3.80. The minimum Gasteiger partial charge on any atom is -0.368 e. The van der Waals surface area contributed by atoms with Crippen LogP contribution in [-0.4, -0.2) is 51.9 Å². The number of carbonyl (C=O) groups excluding carboxylic acids is 4. The summed E-state index contributed by atoms with van der Waals surface area (Å²) in [5.74, 6) is -1.38. The topological polar surface area (TPSA) is 101 Å². The Balaban J connectivity index is 1.73. The van der Waals surface area contributed by atoms with Gasteiger partial charge in [0.1, 0.15) is 6.04 Å². The van der Waals surface area contributed by atoms with E-state index in [0.29, 0.717) is 59.3 Å². The number of nitrogens with zero attached hydrogens (tertiary/aromatic N) is 2. The Kier molecular flexibility index (Phi) is 7.67. The van der Waals surface area contributed by atoms with Gasteiger partial charge >= 0.3 is 0 Å². The molecule has 1 atom stereocenters. The second-order valence-electron chi connectivity index (χ2n) is 7.45. The molecule has 2 aliphatic heterocycles. The molecule has 2 heterocycles. The van der Waals surface area contributed by atoms with Gasteiger partial charge in [0.15, 0.2) is 0 Å². The predicted octanol–water partition coefficient (Wildman–Crippen LogP) is 4.22. The van der Waals surface area contributed by atoms with Gasteiger partial charge in [-0.25, -0.2) is 0 Å². The van der Waals surface area contributed by atoms with Gasteiger partial charge in [-0.15, -0.1) is 0 Å². The summed E-state index contributed by atoms with van der Waals surface area (Å²) in [4.78, 5) is 53.1. The number of benzene rings is 1. The zero-order valence-electron chi connectivity index (χ0n) is 17.0. The van der Waals surface area contributed by atoms with E-state index in [1.807, 2.05) is 6.92 Å². The summed E-state index contributed by atoms with van der Waals surface area (Å²) in [7, 11) is 0. The molecule has 0 spiro atoms. The molecule has 1 aromatic rings. The summed E-state index contributed by atoms with van der Waals surface area (Å²) in [5.41, 5.74) is 6.60. The number of hydrogen-bond donors (Lipinski definition) is 1. The Labute approximate surface area is 194 Å². The summed E-state index contributed by atoms with van der Waals surface area (Å²) in [6.45, 7) is 2.73. The first-order valence-electron chi connectivity index (χ1n) is 10.1. The SMILES string of the molecule is CCCCC(C(N)=O)N1C(=O)SC(=C2CCN(C(=O)c3cc(Cl)ccc3Cl)CC2)C1=O. The van der Waals surface area contributed by atoms with E-state index in [1.165, 1.54) is 6.07 Å². The van der Waals surface area contributed by atoms with Crippen molar-refractivity contribution < 1.29 is 19.2 Å². The minimum absolute atomic E-state index is 0.229. The van der Waals surface area contributed by atoms with Crippen LogP contribution in [0.1, 0.15) is 49.4 Å². The smallest absolute Gasteiger partial charge is 0.294 e. The Morgan fingerprint density at radius 2 is 1.87 bits per heavy atom. The normalized spacial score (nSPS) is 18.0. The van der Waals surface area contributed by atoms with Crippen LogP contribution in [0.2, 0.25) is 10.0 Å². The lowest BCUT2D eigenvalue weighted by Gasteiger charge is -2.29. The number of rotatable bonds is 6. The van der Waals surface area contributed by atoms with E-state index in [-0.39, 0.29) is 5.91 Å². The Morgan fingerprint density at radius 3 is 2.48 bits per heavy atom. The predicted molar refractivity (Wildman–Crippen MR) is 121 cm³/mol. The molecule has 0 saturated carbocycles. The number of primary amides is 1. The maximum Gasteiger partial charge on any atom is 0.294 e. The maximum absolute atomic E-state index is 12.9. The first-order chi connectivity index (χ1) is 14.7. The molecule has 2 aliphatic rings. The Bertz CT molecular complexity index is 956. The average molecular weight is 484 g/mol. The van der Waals surface area contributed by atoms with Crippen LogP contribution < -0.4 is 5.73 Å². The maximum atomic E-state index is 12.9. The van der Waals surface area contributed by atoms with Gasteiger partial charge in [-0.1, -0.05) is 43.0 Å². The van der Waals surface area contributed by atoms with Crippen LogP contribution in [-0.2, 0) is 9.59 Å². The van der Waals surface area contributed by atoms with Crippen molar-refractivity contribution in [2.24, 2.45) is 5.73 Å². The highest BCUT2D eigenvalue weighted by Crippen LogP contribution is 2.38. The quantitative estimate of drug-likeness (QED) is 0.610. The monoisotopic (exact) mass is 483 g/mol. The molecule has 1 unspecified atom stereocenters. The second kappa shape index (κ2) is 10.1. The van der Waals surface area contributed by atoms with Crippen LogP contribution in [0.4, 0.5) is 4.79 Å². The third kappa shape index (κ3) is 5.07. The first-order valence-corrected chi connectivity index (χ1v) is 11.6. The van der Waals surface area contributed by atoms with Gasteiger partial charge in [0.25, 0.3) is 17.1 Å². The number of imide groups is 1. The number of carbonyl (C=O) groups is 4. The van der Waals surface area contributed by atoms with Gasteiger partial charge in [-0.3, -0.25) is 24.1 Å². The van der Waals surface area contributed by atoms with Crippen LogP contribution in [0, 0.1) is 0 Å². The highest BCUT2D eigenvalue weighted by Gasteiger charge is 2.43. The van der Waals surface area contributed by atoms with E-state index in [0.717, 1.165) is 28.7 Å². The molecule has 7 nitrogen and oxygen atoms in total. The molecule has 10 heteroatoms. The van der Waals surface area contributed by atoms with E-state index in [1.54, 1.807) is 17.0 Å². The third-order valence-corrected chi connectivity index (χ3v) is 7.01. The zero-order chi connectivity index (χ0) is 22.7. The van der Waals surface area contributed by atoms with Crippen molar-refractivity contribution in [3.63, 3.8) is 0 Å². The van der Waals surface area contributed by atoms with Crippen molar-refractivity contribution in [1.29, 1.82) is 0 Å². The fraction of sp³-hybridized carbons (Fsp3) is 0.429. The van der Waals surface area contributed by atoms with Crippen molar-refractivity contribution in [3.8, 4) is 0 Å². The van der Waals surface area contributed by atoms with Crippen molar-refractivity contribution in [3.05, 3.63) is 44.3 Å². The van der Waals surface area contributed by atoms with E-state index >= 15 is 0 Å². The van der Waals surface area contributed by atoms with Gasteiger partial charge in [-0.2, -0.15) is 0 Å². The van der Waals surface area contributed by atoms with Gasteiger partial charge in [0.05, 0.1) is 15.5 Å². The zero-order valence-corrected chi connectivity index (χ0v) is 19.4. The van der Waals surface area contributed by atoms with Gasteiger partial charge in [0, 0.05) is 18.1 Å². The molecule has 3 rings (SSSR count). The molecule has 31 heavy (non-hydrogen) atoms. The molecule has 2 fully saturated rings. The highest BCUT2D eigenvalue weighted by atomic mass is 35.5. The van der Waals surface area contributed by atoms with Crippen LogP contribution in [0.3, 0.4) is 0 Å². The number of nitrogens with two attached hydrogens (primary N) is 1. The van der Waals surface area contributed by atoms with E-state index in [9.17, 15) is 19.2 Å². The molecule has 4 amide bonds. The average Bonchev–Trinajstić information content (AvgIpc) is 3.04. The lowest BCUT2D eigenvalue weighted by molar-refractivity contribution is -0.132. The fourth-order valence-corrected chi connectivity index (χ4v) is 5.09. The second-order valence-corrected chi connectivity index (χ2v) is 9.26. The number of hydrogen-bond acceptors (Lipinski definition) is 5. The highest BCUT2D eigenvalue weighted by molar-refractivity contribution is 8.18. The Hall–Kier alpha value is -2.03. The first kappa shape index (κ1) is 23.6. The molecule has 2 N–H and O–H groups in total. The Morgan fingerprint density at radius 1 is 1.19 bits per heavy atom. The molecule has 0 bridgehead atoms. The molecular formula is C21H23Cl2N3O4S. The molecule has 166 valence electrons. The lowest BCUT2D eigenvalue weighted by atomic mass is 10.0. The van der Waals surface area contributed by atoms with E-state index in [2.05, 4.69) is 0 Å². The van der Waals surface area contributed by atoms with Crippen LogP contribution in [0.5, 0.6) is 0 Å². The summed E-state index contributed by atoms with van der Waals surface area (Å²) in [6.07, 6.45) is 2.77. The van der Waals surface area contributed by atoms with Gasteiger partial charge in [0.2, 0.25) is 5.91 Å². The largest absolute Gasteiger partial charge is 0.368 e. The standard InChI is InChI=1S/C21H23Cl2N3O4S/c1-2-3-4-16(18(24)27)26-20(29)17(31-21(26)30)12-7-9-25(10-8-12)19(28)14-11-13(22)5-6-15(14)23/h5-6,11,16H,2-4,7-10H2,1H3,(H2,24,27). The molecule has 1 aromatic carbocycles. The van der Waals surface area contributed by atoms with Crippen molar-refractivity contribution in [2.45, 2.75) is 45.1 Å². The van der Waals surface area contributed by atoms with Crippen molar-refractivity contribution in [2.75, 3.05) is 13.1 Å². The molecule has 0 radical (unpaired) electrons. The molecule has 0 aromatic heterocycles. The van der Waals surface area contributed by atoms with Crippen LogP contribution in [0.25, 0.3) is 0 Å². The summed E-state index contributed by atoms with van der Waals surface area (Å²) < 4.78 is 0. The van der Waals surface area contributed by atoms with E-state index in [4.69, 9.17) is 28.9 Å². The minimum atomic E-state index is -0.933. The molecular weight excluding hydrogens is 461 g/mol. The number of unbranched alkanes of at least 4 members (excludes halogenated alkanes) is 1. The third-order valence-electron chi connectivity index (χ3n) is 5.40. The van der Waals surface area contributed by atoms with Crippen LogP contribution >= 0.6 is 35.0 Å². The van der Waals surface area contributed by atoms with E-state index < -0.39 is 23.1 Å². The fourth-order valence-electron chi connectivity index (χ4n) is 3.70. The molecule has 2 saturated heterocycles. The number of likely N-dealkylation sites (tertiary alicyclic amines) is 1. The van der Waals surface area contributed by atoms with Crippen molar-refractivity contribution in [1.82, 2.24) is 9.80 Å². The number of amides is 4. The summed E-state index contributed by atoms with van der Waals surface area (Å²) >= 11 is 13.0. The van der Waals surface area contributed by atoms with Gasteiger partial charge in [-0.05, 0) is 54.8 Å². The number of piperidine rings is 1. The van der Waals surface area contributed by atoms with Gasteiger partial charge < -0.3 is 10.6 Å². The van der Waals surface area contributed by atoms with Crippen LogP contribution in [0.15, 0.2) is 28.7 Å². The summed E-state index contributed by atoms with van der Waals surface area (Å²) in [5, 5.41) is 0.272. The molecule has 0 aliphatic carbocycles. The number of thioether (sulfide) groups is 1. The lowest BCUT2D eigenvalue weighted by Crippen LogP contribution is -2.47.